The molecule has 0 bridgehead atoms. The van der Waals surface area contributed by atoms with Crippen LogP contribution in [-0.4, -0.2) is 5.91 Å². The average molecular weight is 296 g/mol. The van der Waals surface area contributed by atoms with Crippen LogP contribution in [0.5, 0.6) is 0 Å². The molecular weight excluding hydrogens is 281 g/mol. The van der Waals surface area contributed by atoms with Gasteiger partial charge in [0.05, 0.1) is 0 Å². The molecule has 0 aliphatic heterocycles. The van der Waals surface area contributed by atoms with Gasteiger partial charge in [-0.15, -0.1) is 0 Å². The first kappa shape index (κ1) is 15.5. The Morgan fingerprint density at radius 3 is 2.74 bits per heavy atom. The zero-order valence-electron chi connectivity index (χ0n) is 10.6. The lowest BCUT2D eigenvalue weighted by Crippen LogP contribution is -2.23. The third-order valence-corrected chi connectivity index (χ3v) is 3.03. The highest BCUT2D eigenvalue weighted by molar-refractivity contribution is 6.35. The second-order valence-corrected chi connectivity index (χ2v) is 4.60. The van der Waals surface area contributed by atoms with Gasteiger partial charge in [0.25, 0.3) is 5.91 Å². The molecule has 1 aromatic rings. The number of benzene rings is 1. The number of carbonyl (C=O) groups excluding carboxylic acids is 1. The fraction of sp³-hybridized carbons (Fsp3) is 0.133. The van der Waals surface area contributed by atoms with Crippen molar-refractivity contribution in [1.29, 1.82) is 0 Å². The summed E-state index contributed by atoms with van der Waals surface area (Å²) in [6, 6.07) is 5.18. The number of hydrogen-bond acceptors (Lipinski definition) is 1. The minimum atomic E-state index is -0.161. The monoisotopic (exact) mass is 295 g/mol. The zero-order chi connectivity index (χ0) is 14.3. The van der Waals surface area contributed by atoms with Gasteiger partial charge in [-0.1, -0.05) is 54.1 Å². The van der Waals surface area contributed by atoms with Crippen molar-refractivity contribution in [2.45, 2.75) is 13.5 Å². The van der Waals surface area contributed by atoms with Gasteiger partial charge in [0.1, 0.15) is 0 Å². The summed E-state index contributed by atoms with van der Waals surface area (Å²) in [7, 11) is 0. The minimum Gasteiger partial charge on any atom is -0.348 e. The van der Waals surface area contributed by atoms with E-state index in [9.17, 15) is 4.79 Å². The molecule has 2 nitrogen and oxygen atoms in total. The van der Waals surface area contributed by atoms with Crippen LogP contribution in [0.3, 0.4) is 0 Å². The van der Waals surface area contributed by atoms with Gasteiger partial charge in [0.15, 0.2) is 0 Å². The molecule has 0 fully saturated rings. The summed E-state index contributed by atoms with van der Waals surface area (Å²) < 4.78 is 0. The highest BCUT2D eigenvalue weighted by Crippen LogP contribution is 2.20. The van der Waals surface area contributed by atoms with Crippen molar-refractivity contribution in [3.63, 3.8) is 0 Å². The molecule has 0 saturated heterocycles. The first-order valence-corrected chi connectivity index (χ1v) is 6.51. The summed E-state index contributed by atoms with van der Waals surface area (Å²) in [6.45, 7) is 5.72. The Morgan fingerprint density at radius 2 is 2.16 bits per heavy atom. The standard InChI is InChI=1S/C15H15Cl2NO/c1-3-5-6-11(4-2)15(19)18-10-12-7-8-13(16)9-14(12)17/h3-9H,1,10H2,2H3,(H,18,19)/b6-5-,11-4+. The van der Waals surface area contributed by atoms with Crippen LogP contribution >= 0.6 is 23.2 Å². The van der Waals surface area contributed by atoms with Crippen molar-refractivity contribution in [2.75, 3.05) is 0 Å². The van der Waals surface area contributed by atoms with E-state index in [1.54, 1.807) is 49.4 Å². The molecule has 0 saturated carbocycles. The lowest BCUT2D eigenvalue weighted by molar-refractivity contribution is -0.117. The lowest BCUT2D eigenvalue weighted by Gasteiger charge is -2.07. The molecule has 1 N–H and O–H groups in total. The number of carbonyl (C=O) groups is 1. The van der Waals surface area contributed by atoms with Gasteiger partial charge >= 0.3 is 0 Å². The predicted octanol–water partition coefficient (Wildman–Crippen LogP) is 4.30. The van der Waals surface area contributed by atoms with Gasteiger partial charge in [0.2, 0.25) is 0 Å². The Balaban J connectivity index is 2.68. The second kappa shape index (κ2) is 7.82. The number of nitrogens with one attached hydrogen (secondary N) is 1. The van der Waals surface area contributed by atoms with E-state index in [0.717, 1.165) is 5.56 Å². The van der Waals surface area contributed by atoms with Crippen LogP contribution in [0.1, 0.15) is 12.5 Å². The van der Waals surface area contributed by atoms with E-state index in [4.69, 9.17) is 23.2 Å². The van der Waals surface area contributed by atoms with Crippen LogP contribution < -0.4 is 5.32 Å². The molecule has 0 aromatic heterocycles. The molecule has 100 valence electrons. The largest absolute Gasteiger partial charge is 0.348 e. The summed E-state index contributed by atoms with van der Waals surface area (Å²) >= 11 is 11.8. The lowest BCUT2D eigenvalue weighted by atomic mass is 10.2. The van der Waals surface area contributed by atoms with Crippen LogP contribution in [0.25, 0.3) is 0 Å². The Kier molecular flexibility index (Phi) is 6.40. The summed E-state index contributed by atoms with van der Waals surface area (Å²) in [5, 5.41) is 3.91. The molecule has 1 aromatic carbocycles. The second-order valence-electron chi connectivity index (χ2n) is 3.76. The van der Waals surface area contributed by atoms with E-state index >= 15 is 0 Å². The third kappa shape index (κ3) is 4.93. The van der Waals surface area contributed by atoms with Crippen LogP contribution in [0, 0.1) is 0 Å². The van der Waals surface area contributed by atoms with Crippen LogP contribution in [0.4, 0.5) is 0 Å². The molecule has 0 aliphatic carbocycles. The zero-order valence-corrected chi connectivity index (χ0v) is 12.1. The Morgan fingerprint density at radius 1 is 1.42 bits per heavy atom. The van der Waals surface area contributed by atoms with Crippen LogP contribution in [0.2, 0.25) is 10.0 Å². The van der Waals surface area contributed by atoms with Crippen LogP contribution in [0.15, 0.2) is 54.7 Å². The maximum atomic E-state index is 11.9. The van der Waals surface area contributed by atoms with Gasteiger partial charge in [-0.25, -0.2) is 0 Å². The number of halogens is 2. The molecule has 0 atom stereocenters. The van der Waals surface area contributed by atoms with Crippen molar-refractivity contribution >= 4 is 29.1 Å². The number of rotatable bonds is 5. The van der Waals surface area contributed by atoms with Crippen molar-refractivity contribution in [3.05, 3.63) is 70.3 Å². The molecule has 19 heavy (non-hydrogen) atoms. The molecule has 0 aliphatic rings. The van der Waals surface area contributed by atoms with Gasteiger partial charge in [-0.3, -0.25) is 4.79 Å². The number of allylic oxidation sites excluding steroid dienone is 3. The SMILES string of the molecule is C=C/C=C\C(=C/C)C(=O)NCc1ccc(Cl)cc1Cl. The summed E-state index contributed by atoms with van der Waals surface area (Å²) in [4.78, 5) is 11.9. The van der Waals surface area contributed by atoms with Gasteiger partial charge < -0.3 is 5.32 Å². The van der Waals surface area contributed by atoms with Crippen molar-refractivity contribution in [1.82, 2.24) is 5.32 Å². The highest BCUT2D eigenvalue weighted by atomic mass is 35.5. The fourth-order valence-corrected chi connectivity index (χ4v) is 1.89. The Bertz CT molecular complexity index is 533. The quantitative estimate of drug-likeness (QED) is 0.637. The normalized spacial score (nSPS) is 11.6. The summed E-state index contributed by atoms with van der Waals surface area (Å²) in [5.41, 5.74) is 1.40. The number of amides is 1. The minimum absolute atomic E-state index is 0.161. The molecular formula is C15H15Cl2NO. The maximum absolute atomic E-state index is 11.9. The van der Waals surface area contributed by atoms with E-state index in [-0.39, 0.29) is 5.91 Å². The molecule has 0 unspecified atom stereocenters. The molecule has 4 heteroatoms. The molecule has 0 heterocycles. The van der Waals surface area contributed by atoms with E-state index < -0.39 is 0 Å². The molecule has 0 radical (unpaired) electrons. The molecule has 1 amide bonds. The molecule has 1 rings (SSSR count). The van der Waals surface area contributed by atoms with Crippen molar-refractivity contribution in [2.24, 2.45) is 0 Å². The van der Waals surface area contributed by atoms with E-state index in [1.165, 1.54) is 0 Å². The predicted molar refractivity (Wildman–Crippen MR) is 81.4 cm³/mol. The summed E-state index contributed by atoms with van der Waals surface area (Å²) in [6.07, 6.45) is 6.77. The first-order valence-electron chi connectivity index (χ1n) is 5.76. The van der Waals surface area contributed by atoms with E-state index in [1.807, 2.05) is 0 Å². The van der Waals surface area contributed by atoms with Gasteiger partial charge in [0, 0.05) is 22.2 Å². The van der Waals surface area contributed by atoms with Crippen molar-refractivity contribution in [3.8, 4) is 0 Å². The van der Waals surface area contributed by atoms with E-state index in [2.05, 4.69) is 11.9 Å². The molecule has 0 spiro atoms. The fourth-order valence-electron chi connectivity index (χ4n) is 1.42. The smallest absolute Gasteiger partial charge is 0.251 e. The Labute approximate surface area is 123 Å². The Hall–Kier alpha value is -1.51. The van der Waals surface area contributed by atoms with E-state index in [0.29, 0.717) is 22.2 Å². The average Bonchev–Trinajstić information content (AvgIpc) is 2.38. The third-order valence-electron chi connectivity index (χ3n) is 2.44. The highest BCUT2D eigenvalue weighted by Gasteiger charge is 2.06. The first-order chi connectivity index (χ1) is 9.08. The van der Waals surface area contributed by atoms with Crippen LogP contribution in [-0.2, 0) is 11.3 Å². The van der Waals surface area contributed by atoms with Gasteiger partial charge in [-0.05, 0) is 30.7 Å². The maximum Gasteiger partial charge on any atom is 0.251 e. The van der Waals surface area contributed by atoms with Crippen molar-refractivity contribution < 1.29 is 4.79 Å². The summed E-state index contributed by atoms with van der Waals surface area (Å²) in [5.74, 6) is -0.161. The van der Waals surface area contributed by atoms with Gasteiger partial charge in [-0.2, -0.15) is 0 Å². The number of hydrogen-bond donors (Lipinski definition) is 1. The topological polar surface area (TPSA) is 29.1 Å².